The first-order valence-electron chi connectivity index (χ1n) is 13.3. The number of aromatic hydroxyl groups is 2. The molecule has 2 nitrogen and oxygen atoms in total. The molecule has 4 aromatic rings. The zero-order valence-electron chi connectivity index (χ0n) is 22.1. The molecule has 0 aromatic heterocycles. The quantitative estimate of drug-likeness (QED) is 0.184. The van der Waals surface area contributed by atoms with Gasteiger partial charge in [0.15, 0.2) is 0 Å². The highest BCUT2D eigenvalue weighted by Crippen LogP contribution is 2.46. The first kappa shape index (κ1) is 27.7. The highest BCUT2D eigenvalue weighted by molar-refractivity contribution is 5.96. The van der Waals surface area contributed by atoms with Crippen LogP contribution in [0.3, 0.4) is 0 Å². The van der Waals surface area contributed by atoms with Crippen molar-refractivity contribution in [3.05, 3.63) is 129 Å². The first-order valence-corrected chi connectivity index (χ1v) is 13.3. The van der Waals surface area contributed by atoms with Gasteiger partial charge in [0.1, 0.15) is 11.5 Å². The predicted molar refractivity (Wildman–Crippen MR) is 150 cm³/mol. The Labute approximate surface area is 237 Å². The summed E-state index contributed by atoms with van der Waals surface area (Å²) in [5.41, 5.74) is 3.96. The largest absolute Gasteiger partial charge is 0.507 e. The van der Waals surface area contributed by atoms with Crippen LogP contribution in [-0.4, -0.2) is 10.2 Å². The lowest BCUT2D eigenvalue weighted by atomic mass is 9.79. The molecule has 0 fully saturated rings. The summed E-state index contributed by atoms with van der Waals surface area (Å²) in [5.74, 6) is 0.117. The van der Waals surface area contributed by atoms with E-state index in [0.29, 0.717) is 45.9 Å². The molecule has 0 atom stereocenters. The Kier molecular flexibility index (Phi) is 6.67. The van der Waals surface area contributed by atoms with Crippen LogP contribution in [0.5, 0.6) is 11.5 Å². The Morgan fingerprint density at radius 2 is 0.857 bits per heavy atom. The summed E-state index contributed by atoms with van der Waals surface area (Å²) < 4.78 is 79.3. The third-order valence-corrected chi connectivity index (χ3v) is 8.05. The van der Waals surface area contributed by atoms with Crippen molar-refractivity contribution >= 4 is 21.9 Å². The molecule has 0 amide bonds. The first-order chi connectivity index (χ1) is 19.9. The second-order valence-corrected chi connectivity index (χ2v) is 10.6. The van der Waals surface area contributed by atoms with Gasteiger partial charge in [0, 0.05) is 34.7 Å². The molecule has 0 saturated heterocycles. The van der Waals surface area contributed by atoms with Crippen LogP contribution in [0.4, 0.5) is 26.3 Å². The van der Waals surface area contributed by atoms with E-state index in [-0.39, 0.29) is 24.3 Å². The molecule has 2 aliphatic rings. The van der Waals surface area contributed by atoms with Gasteiger partial charge in [0.25, 0.3) is 0 Å². The SMILES string of the molecule is Oc1c2c(c(O)c3ccccc13)CC1=C(/C=C(/c3ccc(C(F)(F)F)cc3)CC/C(c3ccc(C(F)(F)F)cc3)=C\1)C2. The molecule has 214 valence electrons. The van der Waals surface area contributed by atoms with Gasteiger partial charge >= 0.3 is 12.4 Å². The van der Waals surface area contributed by atoms with E-state index in [0.717, 1.165) is 46.6 Å². The molecule has 8 heteroatoms. The number of allylic oxidation sites excluding steroid dienone is 6. The molecule has 0 aliphatic heterocycles. The van der Waals surface area contributed by atoms with Crippen LogP contribution in [0.1, 0.15) is 46.2 Å². The zero-order valence-corrected chi connectivity index (χ0v) is 22.1. The molecular formula is C34H24F6O2. The summed E-state index contributed by atoms with van der Waals surface area (Å²) in [4.78, 5) is 0. The van der Waals surface area contributed by atoms with Crippen molar-refractivity contribution in [1.29, 1.82) is 0 Å². The summed E-state index contributed by atoms with van der Waals surface area (Å²) in [5, 5.41) is 23.4. The number of fused-ring (bicyclic) bond motifs is 2. The fraction of sp³-hybridized carbons (Fsp3) is 0.176. The van der Waals surface area contributed by atoms with Crippen LogP contribution in [-0.2, 0) is 25.2 Å². The highest BCUT2D eigenvalue weighted by atomic mass is 19.4. The molecule has 6 rings (SSSR count). The lowest BCUT2D eigenvalue weighted by molar-refractivity contribution is -0.138. The van der Waals surface area contributed by atoms with Gasteiger partial charge in [-0.15, -0.1) is 0 Å². The fourth-order valence-electron chi connectivity index (χ4n) is 5.82. The Morgan fingerprint density at radius 3 is 1.19 bits per heavy atom. The molecule has 0 bridgehead atoms. The number of hydrogen-bond donors (Lipinski definition) is 2. The Bertz CT molecular complexity index is 1660. The van der Waals surface area contributed by atoms with Crippen LogP contribution < -0.4 is 0 Å². The highest BCUT2D eigenvalue weighted by Gasteiger charge is 2.32. The Morgan fingerprint density at radius 1 is 0.500 bits per heavy atom. The molecule has 2 aliphatic carbocycles. The van der Waals surface area contributed by atoms with E-state index >= 15 is 0 Å². The normalized spacial score (nSPS) is 18.3. The summed E-state index contributed by atoms with van der Waals surface area (Å²) >= 11 is 0. The maximum atomic E-state index is 13.2. The Hall–Kier alpha value is -4.46. The van der Waals surface area contributed by atoms with Gasteiger partial charge in [-0.3, -0.25) is 0 Å². The minimum absolute atomic E-state index is 0.0587. The number of rotatable bonds is 2. The van der Waals surface area contributed by atoms with Crippen molar-refractivity contribution in [3.8, 4) is 11.5 Å². The van der Waals surface area contributed by atoms with E-state index in [2.05, 4.69) is 0 Å². The molecule has 0 saturated carbocycles. The third-order valence-electron chi connectivity index (χ3n) is 8.05. The lowest BCUT2D eigenvalue weighted by Crippen LogP contribution is -2.10. The van der Waals surface area contributed by atoms with Crippen molar-refractivity contribution in [1.82, 2.24) is 0 Å². The summed E-state index contributed by atoms with van der Waals surface area (Å²) in [7, 11) is 0. The van der Waals surface area contributed by atoms with Gasteiger partial charge in [0.05, 0.1) is 11.1 Å². The summed E-state index contributed by atoms with van der Waals surface area (Å²) in [6.45, 7) is 0. The number of alkyl halides is 6. The lowest BCUT2D eigenvalue weighted by Gasteiger charge is -2.26. The number of phenolic OH excluding ortho intramolecular Hbond substituents is 2. The van der Waals surface area contributed by atoms with E-state index in [4.69, 9.17) is 0 Å². The average molecular weight is 579 g/mol. The molecule has 4 aromatic carbocycles. The molecule has 0 radical (unpaired) electrons. The number of benzene rings is 4. The zero-order chi connectivity index (χ0) is 29.8. The molecule has 0 unspecified atom stereocenters. The van der Waals surface area contributed by atoms with Crippen molar-refractivity contribution in [2.45, 2.75) is 38.0 Å². The molecule has 0 spiro atoms. The van der Waals surface area contributed by atoms with Crippen molar-refractivity contribution in [2.24, 2.45) is 0 Å². The second kappa shape index (κ2) is 10.1. The second-order valence-electron chi connectivity index (χ2n) is 10.6. The number of hydrogen-bond acceptors (Lipinski definition) is 2. The topological polar surface area (TPSA) is 40.5 Å². The molecular weight excluding hydrogens is 554 g/mol. The smallest absolute Gasteiger partial charge is 0.416 e. The average Bonchev–Trinajstić information content (AvgIpc) is 2.95. The Balaban J connectivity index is 1.48. The van der Waals surface area contributed by atoms with E-state index in [1.54, 1.807) is 24.3 Å². The summed E-state index contributed by atoms with van der Waals surface area (Å²) in [6.07, 6.45) is -3.73. The van der Waals surface area contributed by atoms with Gasteiger partial charge in [-0.05, 0) is 70.5 Å². The van der Waals surface area contributed by atoms with Crippen LogP contribution in [0.2, 0.25) is 0 Å². The van der Waals surface area contributed by atoms with Crippen molar-refractivity contribution in [2.75, 3.05) is 0 Å². The fourth-order valence-corrected chi connectivity index (χ4v) is 5.82. The number of phenols is 2. The van der Waals surface area contributed by atoms with Gasteiger partial charge in [-0.2, -0.15) is 26.3 Å². The number of halogens is 6. The molecule has 2 N–H and O–H groups in total. The van der Waals surface area contributed by atoms with Crippen LogP contribution in [0.25, 0.3) is 21.9 Å². The van der Waals surface area contributed by atoms with Crippen LogP contribution in [0.15, 0.2) is 96.1 Å². The standard InChI is InChI=1S/C34H24F6O2/c35-33(36,37)25-11-7-19(8-12-25)21-5-6-22(20-9-13-26(14-10-20)34(38,39)40)16-24-18-30-29(17-23(24)15-21)31(41)27-3-1-2-4-28(27)32(30)42/h1-4,7-16,41-42H,5-6,17-18H2/b21-15+,22-16+. The molecule has 42 heavy (non-hydrogen) atoms. The van der Waals surface area contributed by atoms with Gasteiger partial charge in [-0.25, -0.2) is 0 Å². The maximum Gasteiger partial charge on any atom is 0.416 e. The van der Waals surface area contributed by atoms with Crippen molar-refractivity contribution < 1.29 is 36.6 Å². The third kappa shape index (κ3) is 5.06. The van der Waals surface area contributed by atoms with Gasteiger partial charge in [0.2, 0.25) is 0 Å². The van der Waals surface area contributed by atoms with Gasteiger partial charge < -0.3 is 10.2 Å². The maximum absolute atomic E-state index is 13.2. The monoisotopic (exact) mass is 578 g/mol. The minimum Gasteiger partial charge on any atom is -0.507 e. The predicted octanol–water partition coefficient (Wildman–Crippen LogP) is 9.64. The summed E-state index contributed by atoms with van der Waals surface area (Å²) in [6, 6.07) is 16.8. The van der Waals surface area contributed by atoms with E-state index in [1.807, 2.05) is 12.2 Å². The van der Waals surface area contributed by atoms with E-state index < -0.39 is 23.5 Å². The van der Waals surface area contributed by atoms with Crippen LogP contribution >= 0.6 is 0 Å². The van der Waals surface area contributed by atoms with Crippen LogP contribution in [0, 0.1) is 0 Å². The van der Waals surface area contributed by atoms with E-state index in [1.165, 1.54) is 24.3 Å². The van der Waals surface area contributed by atoms with Crippen molar-refractivity contribution in [3.63, 3.8) is 0 Å². The molecule has 0 heterocycles. The minimum atomic E-state index is -4.47. The van der Waals surface area contributed by atoms with Gasteiger partial charge in [-0.1, -0.05) is 60.7 Å². The van der Waals surface area contributed by atoms with E-state index in [9.17, 15) is 36.6 Å².